The fourth-order valence-electron chi connectivity index (χ4n) is 1.72. The smallest absolute Gasteiger partial charge is 0.119 e. The largest absolute Gasteiger partial charge is 0.489 e. The van der Waals surface area contributed by atoms with E-state index in [0.29, 0.717) is 12.6 Å². The van der Waals surface area contributed by atoms with Crippen LogP contribution in [0, 0.1) is 0 Å². The summed E-state index contributed by atoms with van der Waals surface area (Å²) in [5.74, 6) is 0.852. The molecule has 0 aliphatic heterocycles. The summed E-state index contributed by atoms with van der Waals surface area (Å²) in [5.41, 5.74) is 2.19. The minimum atomic E-state index is 0.367. The van der Waals surface area contributed by atoms with Gasteiger partial charge >= 0.3 is 0 Å². The standard InChI is InChI=1S/C18H20ClNO/c1-3-14(2)20-12-15-6-10-18(11-7-15)21-13-16-4-8-17(19)9-5-16/h4-12,14H,3,13H2,1-2H3/b20-12+. The Morgan fingerprint density at radius 3 is 2.38 bits per heavy atom. The van der Waals surface area contributed by atoms with Crippen molar-refractivity contribution in [1.82, 2.24) is 0 Å². The van der Waals surface area contributed by atoms with Crippen molar-refractivity contribution in [3.63, 3.8) is 0 Å². The van der Waals surface area contributed by atoms with Gasteiger partial charge in [-0.25, -0.2) is 0 Å². The maximum Gasteiger partial charge on any atom is 0.119 e. The zero-order chi connectivity index (χ0) is 15.1. The van der Waals surface area contributed by atoms with E-state index < -0.39 is 0 Å². The molecule has 110 valence electrons. The second-order valence-electron chi connectivity index (χ2n) is 5.02. The van der Waals surface area contributed by atoms with Crippen LogP contribution in [-0.4, -0.2) is 12.3 Å². The Morgan fingerprint density at radius 1 is 1.10 bits per heavy atom. The van der Waals surface area contributed by atoms with Crippen molar-refractivity contribution in [3.8, 4) is 5.75 Å². The van der Waals surface area contributed by atoms with E-state index in [4.69, 9.17) is 16.3 Å². The lowest BCUT2D eigenvalue weighted by Gasteiger charge is -2.07. The van der Waals surface area contributed by atoms with Gasteiger partial charge < -0.3 is 4.74 Å². The van der Waals surface area contributed by atoms with Crippen LogP contribution >= 0.6 is 11.6 Å². The monoisotopic (exact) mass is 301 g/mol. The quantitative estimate of drug-likeness (QED) is 0.677. The van der Waals surface area contributed by atoms with Crippen LogP contribution in [0.1, 0.15) is 31.4 Å². The van der Waals surface area contributed by atoms with Crippen molar-refractivity contribution >= 4 is 17.8 Å². The van der Waals surface area contributed by atoms with Crippen molar-refractivity contribution in [2.45, 2.75) is 32.9 Å². The molecule has 2 aromatic carbocycles. The van der Waals surface area contributed by atoms with Gasteiger partial charge in [0, 0.05) is 17.3 Å². The van der Waals surface area contributed by atoms with E-state index >= 15 is 0 Å². The Morgan fingerprint density at radius 2 is 1.76 bits per heavy atom. The highest BCUT2D eigenvalue weighted by atomic mass is 35.5. The highest BCUT2D eigenvalue weighted by Crippen LogP contribution is 2.15. The summed E-state index contributed by atoms with van der Waals surface area (Å²) < 4.78 is 5.75. The van der Waals surface area contributed by atoms with Gasteiger partial charge in [0.25, 0.3) is 0 Å². The molecule has 0 N–H and O–H groups in total. The Bertz CT molecular complexity index is 575. The minimum Gasteiger partial charge on any atom is -0.489 e. The summed E-state index contributed by atoms with van der Waals surface area (Å²) in [7, 11) is 0. The summed E-state index contributed by atoms with van der Waals surface area (Å²) in [6.07, 6.45) is 2.97. The number of hydrogen-bond donors (Lipinski definition) is 0. The topological polar surface area (TPSA) is 21.6 Å². The predicted octanol–water partition coefficient (Wildman–Crippen LogP) is 5.14. The maximum absolute atomic E-state index is 5.86. The molecule has 2 rings (SSSR count). The zero-order valence-electron chi connectivity index (χ0n) is 12.4. The first-order chi connectivity index (χ1) is 10.2. The second kappa shape index (κ2) is 7.84. The number of nitrogens with zero attached hydrogens (tertiary/aromatic N) is 1. The molecule has 0 saturated carbocycles. The molecule has 0 aromatic heterocycles. The third-order valence-corrected chi connectivity index (χ3v) is 3.52. The van der Waals surface area contributed by atoms with Crippen LogP contribution in [-0.2, 0) is 6.61 Å². The van der Waals surface area contributed by atoms with Gasteiger partial charge in [-0.15, -0.1) is 0 Å². The second-order valence-corrected chi connectivity index (χ2v) is 5.46. The van der Waals surface area contributed by atoms with Crippen molar-refractivity contribution in [1.29, 1.82) is 0 Å². The van der Waals surface area contributed by atoms with E-state index in [1.165, 1.54) is 0 Å². The van der Waals surface area contributed by atoms with Gasteiger partial charge in [0.15, 0.2) is 0 Å². The number of hydrogen-bond acceptors (Lipinski definition) is 2. The molecule has 0 bridgehead atoms. The fourth-order valence-corrected chi connectivity index (χ4v) is 1.84. The van der Waals surface area contributed by atoms with Crippen LogP contribution in [0.4, 0.5) is 0 Å². The van der Waals surface area contributed by atoms with Crippen LogP contribution in [0.25, 0.3) is 0 Å². The van der Waals surface area contributed by atoms with Gasteiger partial charge in [0.2, 0.25) is 0 Å². The predicted molar refractivity (Wildman–Crippen MR) is 89.6 cm³/mol. The van der Waals surface area contributed by atoms with Crippen molar-refractivity contribution in [3.05, 3.63) is 64.7 Å². The first-order valence-electron chi connectivity index (χ1n) is 7.18. The van der Waals surface area contributed by atoms with Gasteiger partial charge in [-0.3, -0.25) is 4.99 Å². The zero-order valence-corrected chi connectivity index (χ0v) is 13.2. The van der Waals surface area contributed by atoms with Crippen molar-refractivity contribution in [2.24, 2.45) is 4.99 Å². The average molecular weight is 302 g/mol. The molecule has 2 aromatic rings. The van der Waals surface area contributed by atoms with Gasteiger partial charge in [-0.2, -0.15) is 0 Å². The molecule has 1 unspecified atom stereocenters. The summed E-state index contributed by atoms with van der Waals surface area (Å²) in [5, 5.41) is 0.740. The maximum atomic E-state index is 5.86. The summed E-state index contributed by atoms with van der Waals surface area (Å²) in [4.78, 5) is 4.47. The molecule has 1 atom stereocenters. The number of ether oxygens (including phenoxy) is 1. The third kappa shape index (κ3) is 5.24. The highest BCUT2D eigenvalue weighted by molar-refractivity contribution is 6.30. The Labute approximate surface area is 131 Å². The van der Waals surface area contributed by atoms with Crippen LogP contribution in [0.15, 0.2) is 53.5 Å². The lowest BCUT2D eigenvalue weighted by molar-refractivity contribution is 0.306. The molecule has 3 heteroatoms. The number of rotatable bonds is 6. The Hall–Kier alpha value is -1.80. The molecule has 0 radical (unpaired) electrons. The summed E-state index contributed by atoms with van der Waals surface area (Å²) >= 11 is 5.86. The molecule has 0 amide bonds. The highest BCUT2D eigenvalue weighted by Gasteiger charge is 1.97. The summed E-state index contributed by atoms with van der Waals surface area (Å²) in [6.45, 7) is 4.78. The Kier molecular flexibility index (Phi) is 5.82. The molecule has 2 nitrogen and oxygen atoms in total. The van der Waals surface area contributed by atoms with Gasteiger partial charge in [0.05, 0.1) is 0 Å². The van der Waals surface area contributed by atoms with E-state index in [9.17, 15) is 0 Å². The van der Waals surface area contributed by atoms with E-state index in [2.05, 4.69) is 18.8 Å². The van der Waals surface area contributed by atoms with Gasteiger partial charge in [-0.05, 0) is 60.9 Å². The number of aliphatic imine (C=N–C) groups is 1. The molecule has 0 saturated heterocycles. The molecular formula is C18H20ClNO. The van der Waals surface area contributed by atoms with E-state index in [0.717, 1.165) is 28.3 Å². The van der Waals surface area contributed by atoms with Crippen molar-refractivity contribution < 1.29 is 4.74 Å². The fraction of sp³-hybridized carbons (Fsp3) is 0.278. The number of halogens is 1. The first kappa shape index (κ1) is 15.6. The number of benzene rings is 2. The van der Waals surface area contributed by atoms with Crippen molar-refractivity contribution in [2.75, 3.05) is 0 Å². The first-order valence-corrected chi connectivity index (χ1v) is 7.55. The molecule has 21 heavy (non-hydrogen) atoms. The van der Waals surface area contributed by atoms with Gasteiger partial charge in [-0.1, -0.05) is 30.7 Å². The van der Waals surface area contributed by atoms with Crippen LogP contribution < -0.4 is 4.74 Å². The molecule has 0 aliphatic rings. The molecule has 0 spiro atoms. The average Bonchev–Trinajstić information content (AvgIpc) is 2.53. The molecule has 0 aliphatic carbocycles. The van der Waals surface area contributed by atoms with Gasteiger partial charge in [0.1, 0.15) is 12.4 Å². The van der Waals surface area contributed by atoms with E-state index in [1.54, 1.807) is 0 Å². The Balaban J connectivity index is 1.90. The van der Waals surface area contributed by atoms with E-state index in [1.807, 2.05) is 54.7 Å². The molecule has 0 heterocycles. The summed E-state index contributed by atoms with van der Waals surface area (Å²) in [6, 6.07) is 16.0. The molecule has 0 fully saturated rings. The minimum absolute atomic E-state index is 0.367. The third-order valence-electron chi connectivity index (χ3n) is 3.27. The van der Waals surface area contributed by atoms with Crippen LogP contribution in [0.5, 0.6) is 5.75 Å². The lowest BCUT2D eigenvalue weighted by Crippen LogP contribution is -1.96. The SMILES string of the molecule is CCC(C)/N=C/c1ccc(OCc2ccc(Cl)cc2)cc1. The molecular weight excluding hydrogens is 282 g/mol. The lowest BCUT2D eigenvalue weighted by atomic mass is 10.2. The normalized spacial score (nSPS) is 12.5. The van der Waals surface area contributed by atoms with Crippen LogP contribution in [0.3, 0.4) is 0 Å². The van der Waals surface area contributed by atoms with Crippen LogP contribution in [0.2, 0.25) is 5.02 Å². The van der Waals surface area contributed by atoms with E-state index in [-0.39, 0.29) is 0 Å².